The van der Waals surface area contributed by atoms with Gasteiger partial charge in [-0.2, -0.15) is 0 Å². The Labute approximate surface area is 208 Å². The zero-order valence-electron chi connectivity index (χ0n) is 20.3. The first kappa shape index (κ1) is 28.7. The molecule has 12 nitrogen and oxygen atoms in total. The van der Waals surface area contributed by atoms with Crippen molar-refractivity contribution in [2.45, 2.75) is 75.4 Å². The molecule has 2 aliphatic rings. The van der Waals surface area contributed by atoms with Crippen LogP contribution in [0.25, 0.3) is 0 Å². The van der Waals surface area contributed by atoms with Gasteiger partial charge < -0.3 is 54.3 Å². The van der Waals surface area contributed by atoms with Gasteiger partial charge in [0.25, 0.3) is 0 Å². The molecule has 0 aliphatic carbocycles. The van der Waals surface area contributed by atoms with Crippen LogP contribution in [0.4, 0.5) is 0 Å². The minimum absolute atomic E-state index is 0.0169. The number of aliphatic hydroxyl groups is 6. The largest absolute Gasteiger partial charge is 0.462 e. The Morgan fingerprint density at radius 3 is 2.44 bits per heavy atom. The van der Waals surface area contributed by atoms with Gasteiger partial charge in [0.1, 0.15) is 36.8 Å². The zero-order chi connectivity index (χ0) is 26.5. The predicted molar refractivity (Wildman–Crippen MR) is 122 cm³/mol. The van der Waals surface area contributed by atoms with Gasteiger partial charge in [-0.1, -0.05) is 26.0 Å². The molecule has 204 valence electrons. The number of aliphatic hydroxyl groups excluding tert-OH is 5. The van der Waals surface area contributed by atoms with Crippen LogP contribution in [-0.4, -0.2) is 112 Å². The third kappa shape index (κ3) is 6.52. The Bertz CT molecular complexity index is 835. The molecule has 1 aromatic rings. The van der Waals surface area contributed by atoms with Gasteiger partial charge in [-0.3, -0.25) is 4.79 Å². The summed E-state index contributed by atoms with van der Waals surface area (Å²) in [5, 5.41) is 61.1. The molecule has 9 atom stereocenters. The number of carbonyl (C=O) groups excluding carboxylic acids is 1. The maximum Gasteiger partial charge on any atom is 0.308 e. The van der Waals surface area contributed by atoms with Crippen molar-refractivity contribution in [3.8, 4) is 5.75 Å². The first-order valence-corrected chi connectivity index (χ1v) is 12.0. The lowest BCUT2D eigenvalue weighted by atomic mass is 9.98. The monoisotopic (exact) mass is 516 g/mol. The second-order valence-corrected chi connectivity index (χ2v) is 9.19. The lowest BCUT2D eigenvalue weighted by Gasteiger charge is -2.42. The normalized spacial score (nSPS) is 35.4. The van der Waals surface area contributed by atoms with Crippen molar-refractivity contribution in [2.24, 2.45) is 5.92 Å². The van der Waals surface area contributed by atoms with Crippen LogP contribution in [0.3, 0.4) is 0 Å². The van der Waals surface area contributed by atoms with Crippen LogP contribution in [0.5, 0.6) is 5.75 Å². The van der Waals surface area contributed by atoms with Crippen LogP contribution in [0.15, 0.2) is 24.3 Å². The van der Waals surface area contributed by atoms with E-state index >= 15 is 0 Å². The van der Waals surface area contributed by atoms with Gasteiger partial charge in [0.15, 0.2) is 18.0 Å². The molecule has 0 amide bonds. The van der Waals surface area contributed by atoms with Gasteiger partial charge in [0.2, 0.25) is 6.29 Å². The summed E-state index contributed by atoms with van der Waals surface area (Å²) in [6, 6.07) is 6.68. The quantitative estimate of drug-likeness (QED) is 0.187. The smallest absolute Gasteiger partial charge is 0.308 e. The highest BCUT2D eigenvalue weighted by Gasteiger charge is 2.54. The van der Waals surface area contributed by atoms with Crippen LogP contribution >= 0.6 is 0 Å². The third-order valence-corrected chi connectivity index (χ3v) is 6.48. The SMILES string of the molecule is CCC(C)C(=O)OCC1(O)COC(OC2C(Oc3ccc(CCO)cc3)OC(CO)C(O)C2O)C1O. The molecule has 2 fully saturated rings. The minimum Gasteiger partial charge on any atom is -0.462 e. The average Bonchev–Trinajstić information content (AvgIpc) is 3.16. The number of rotatable bonds is 11. The molecular formula is C24H36O12. The molecule has 0 aromatic heterocycles. The van der Waals surface area contributed by atoms with Crippen LogP contribution in [0.2, 0.25) is 0 Å². The first-order valence-electron chi connectivity index (χ1n) is 12.0. The molecule has 2 saturated heterocycles. The second kappa shape index (κ2) is 12.6. The molecule has 12 heteroatoms. The van der Waals surface area contributed by atoms with E-state index in [9.17, 15) is 30.3 Å². The summed E-state index contributed by atoms with van der Waals surface area (Å²) in [7, 11) is 0. The topological polar surface area (TPSA) is 185 Å². The standard InChI is InChI=1S/C24H36O12/c1-3-13(2)21(30)32-11-24(31)12-33-23(20(24)29)36-19-18(28)17(27)16(10-26)35-22(19)34-15-6-4-14(5-7-15)8-9-25/h4-7,13,16-20,22-23,25-29,31H,3,8-12H2,1-2H3. The van der Waals surface area contributed by atoms with Crippen LogP contribution in [0, 0.1) is 5.92 Å². The summed E-state index contributed by atoms with van der Waals surface area (Å²) in [6.45, 7) is 1.91. The lowest BCUT2D eigenvalue weighted by molar-refractivity contribution is -0.318. The van der Waals surface area contributed by atoms with E-state index in [-0.39, 0.29) is 12.5 Å². The summed E-state index contributed by atoms with van der Waals surface area (Å²) in [6.07, 6.45) is -9.20. The molecule has 0 saturated carbocycles. The van der Waals surface area contributed by atoms with E-state index in [1.54, 1.807) is 31.2 Å². The van der Waals surface area contributed by atoms with Crippen molar-refractivity contribution in [3.63, 3.8) is 0 Å². The maximum atomic E-state index is 12.0. The van der Waals surface area contributed by atoms with Gasteiger partial charge in [-0.15, -0.1) is 0 Å². The van der Waals surface area contributed by atoms with E-state index in [4.69, 9.17) is 28.8 Å². The van der Waals surface area contributed by atoms with Crippen molar-refractivity contribution in [1.29, 1.82) is 0 Å². The summed E-state index contributed by atoms with van der Waals surface area (Å²) >= 11 is 0. The molecule has 0 bridgehead atoms. The minimum atomic E-state index is -1.96. The fourth-order valence-electron chi connectivity index (χ4n) is 3.85. The zero-order valence-corrected chi connectivity index (χ0v) is 20.3. The number of hydrogen-bond acceptors (Lipinski definition) is 12. The average molecular weight is 517 g/mol. The van der Waals surface area contributed by atoms with Crippen LogP contribution in [0.1, 0.15) is 25.8 Å². The molecule has 6 N–H and O–H groups in total. The van der Waals surface area contributed by atoms with Gasteiger partial charge in [-0.25, -0.2) is 0 Å². The maximum absolute atomic E-state index is 12.0. The lowest BCUT2D eigenvalue weighted by Crippen LogP contribution is -2.62. The van der Waals surface area contributed by atoms with Crippen molar-refractivity contribution >= 4 is 5.97 Å². The highest BCUT2D eigenvalue weighted by atomic mass is 16.8. The molecule has 36 heavy (non-hydrogen) atoms. The van der Waals surface area contributed by atoms with E-state index in [1.807, 2.05) is 6.92 Å². The Morgan fingerprint density at radius 1 is 1.14 bits per heavy atom. The van der Waals surface area contributed by atoms with E-state index in [0.717, 1.165) is 5.56 Å². The highest BCUT2D eigenvalue weighted by molar-refractivity contribution is 5.71. The van der Waals surface area contributed by atoms with Crippen molar-refractivity contribution in [2.75, 3.05) is 26.4 Å². The molecule has 9 unspecified atom stereocenters. The second-order valence-electron chi connectivity index (χ2n) is 9.19. The van der Waals surface area contributed by atoms with Gasteiger partial charge in [-0.05, 0) is 30.5 Å². The number of hydrogen-bond donors (Lipinski definition) is 6. The first-order chi connectivity index (χ1) is 17.1. The van der Waals surface area contributed by atoms with Crippen molar-refractivity contribution in [1.82, 2.24) is 0 Å². The van der Waals surface area contributed by atoms with Crippen molar-refractivity contribution < 1.29 is 59.1 Å². The van der Waals surface area contributed by atoms with Crippen LogP contribution < -0.4 is 4.74 Å². The number of esters is 1. The summed E-state index contributed by atoms with van der Waals surface area (Å²) in [4.78, 5) is 12.0. The van der Waals surface area contributed by atoms with Crippen molar-refractivity contribution in [3.05, 3.63) is 29.8 Å². The molecule has 2 aliphatic heterocycles. The summed E-state index contributed by atoms with van der Waals surface area (Å²) < 4.78 is 27.6. The third-order valence-electron chi connectivity index (χ3n) is 6.48. The number of carbonyl (C=O) groups is 1. The van der Waals surface area contributed by atoms with Gasteiger partial charge in [0, 0.05) is 6.61 Å². The van der Waals surface area contributed by atoms with E-state index in [0.29, 0.717) is 18.6 Å². The Hall–Kier alpha value is -1.87. The van der Waals surface area contributed by atoms with Gasteiger partial charge in [0.05, 0.1) is 19.1 Å². The Morgan fingerprint density at radius 2 is 1.83 bits per heavy atom. The fraction of sp³-hybridized carbons (Fsp3) is 0.708. The summed E-state index contributed by atoms with van der Waals surface area (Å²) in [5.41, 5.74) is -1.10. The molecule has 3 rings (SSSR count). The molecule has 2 heterocycles. The molecule has 0 spiro atoms. The number of ether oxygens (including phenoxy) is 5. The van der Waals surface area contributed by atoms with Gasteiger partial charge >= 0.3 is 5.97 Å². The number of benzene rings is 1. The molecule has 1 aromatic carbocycles. The van der Waals surface area contributed by atoms with E-state index < -0.39 is 74.5 Å². The fourth-order valence-corrected chi connectivity index (χ4v) is 3.85. The Balaban J connectivity index is 1.71. The summed E-state index contributed by atoms with van der Waals surface area (Å²) in [5.74, 6) is -0.599. The van der Waals surface area contributed by atoms with E-state index in [2.05, 4.69) is 0 Å². The molecular weight excluding hydrogens is 480 g/mol. The van der Waals surface area contributed by atoms with E-state index in [1.165, 1.54) is 0 Å². The highest BCUT2D eigenvalue weighted by Crippen LogP contribution is 2.32. The molecule has 0 radical (unpaired) electrons. The Kier molecular flexibility index (Phi) is 10.0. The van der Waals surface area contributed by atoms with Crippen LogP contribution in [-0.2, 0) is 30.2 Å². The predicted octanol–water partition coefficient (Wildman–Crippen LogP) is -1.54.